The Bertz CT molecular complexity index is 560. The van der Waals surface area contributed by atoms with Crippen LogP contribution in [0, 0.1) is 0 Å². The first-order valence-electron chi connectivity index (χ1n) is 5.39. The zero-order valence-electron chi connectivity index (χ0n) is 9.65. The maximum Gasteiger partial charge on any atom is 0.258 e. The Morgan fingerprint density at radius 3 is 2.61 bits per heavy atom. The molecule has 1 amide bonds. The third-order valence-electron chi connectivity index (χ3n) is 2.42. The van der Waals surface area contributed by atoms with E-state index in [0.29, 0.717) is 27.8 Å². The van der Waals surface area contributed by atoms with Crippen molar-refractivity contribution in [2.75, 3.05) is 5.32 Å². The summed E-state index contributed by atoms with van der Waals surface area (Å²) in [6, 6.07) is 5.05. The molecular weight excluding hydrogens is 273 g/mol. The smallest absolute Gasteiger partial charge is 0.258 e. The summed E-state index contributed by atoms with van der Waals surface area (Å²) < 4.78 is 1.67. The molecule has 1 aromatic heterocycles. The van der Waals surface area contributed by atoms with Crippen LogP contribution in [0.5, 0.6) is 0 Å². The highest BCUT2D eigenvalue weighted by molar-refractivity contribution is 6.40. The summed E-state index contributed by atoms with van der Waals surface area (Å²) in [7, 11) is 0. The van der Waals surface area contributed by atoms with Crippen LogP contribution in [0.2, 0.25) is 10.0 Å². The van der Waals surface area contributed by atoms with Crippen molar-refractivity contribution < 1.29 is 4.79 Å². The number of aromatic nitrogens is 2. The van der Waals surface area contributed by atoms with Crippen molar-refractivity contribution in [3.8, 4) is 0 Å². The maximum absolute atomic E-state index is 12.0. The monoisotopic (exact) mass is 283 g/mol. The molecule has 0 saturated carbocycles. The van der Waals surface area contributed by atoms with Crippen molar-refractivity contribution in [1.82, 2.24) is 9.78 Å². The number of aryl methyl sites for hydroxylation is 1. The third-order valence-corrected chi connectivity index (χ3v) is 3.05. The topological polar surface area (TPSA) is 46.9 Å². The second-order valence-electron chi connectivity index (χ2n) is 3.64. The van der Waals surface area contributed by atoms with Gasteiger partial charge >= 0.3 is 0 Å². The SMILES string of the molecule is CCn1cc(C(=O)Nc2c(Cl)cccc2Cl)cn1. The lowest BCUT2D eigenvalue weighted by Crippen LogP contribution is -2.11. The van der Waals surface area contributed by atoms with Crippen molar-refractivity contribution >= 4 is 34.8 Å². The van der Waals surface area contributed by atoms with Crippen LogP contribution in [0.4, 0.5) is 5.69 Å². The Kier molecular flexibility index (Phi) is 3.89. The summed E-state index contributed by atoms with van der Waals surface area (Å²) in [4.78, 5) is 12.0. The number of anilines is 1. The Labute approximate surface area is 115 Å². The standard InChI is InChI=1S/C12H11Cl2N3O/c1-2-17-7-8(6-15-17)12(18)16-11-9(13)4-3-5-10(11)14/h3-7H,2H2,1H3,(H,16,18). The lowest BCUT2D eigenvalue weighted by atomic mass is 10.3. The highest BCUT2D eigenvalue weighted by atomic mass is 35.5. The highest BCUT2D eigenvalue weighted by Gasteiger charge is 2.12. The van der Waals surface area contributed by atoms with E-state index in [2.05, 4.69) is 10.4 Å². The van der Waals surface area contributed by atoms with E-state index in [0.717, 1.165) is 0 Å². The molecule has 6 heteroatoms. The number of halogens is 2. The zero-order chi connectivity index (χ0) is 13.1. The first-order valence-corrected chi connectivity index (χ1v) is 6.15. The predicted molar refractivity (Wildman–Crippen MR) is 72.3 cm³/mol. The molecule has 0 saturated heterocycles. The van der Waals surface area contributed by atoms with Gasteiger partial charge in [0.05, 0.1) is 27.5 Å². The van der Waals surface area contributed by atoms with E-state index in [1.165, 1.54) is 6.20 Å². The third kappa shape index (κ3) is 2.66. The number of nitrogens with one attached hydrogen (secondary N) is 1. The Hall–Kier alpha value is -1.52. The van der Waals surface area contributed by atoms with Crippen LogP contribution in [0.3, 0.4) is 0 Å². The fourth-order valence-electron chi connectivity index (χ4n) is 1.46. The van der Waals surface area contributed by atoms with Gasteiger partial charge in [0.25, 0.3) is 5.91 Å². The molecule has 1 heterocycles. The zero-order valence-corrected chi connectivity index (χ0v) is 11.2. The van der Waals surface area contributed by atoms with Gasteiger partial charge in [0.15, 0.2) is 0 Å². The first kappa shape index (κ1) is 12.9. The summed E-state index contributed by atoms with van der Waals surface area (Å²) in [5, 5.41) is 7.51. The second-order valence-corrected chi connectivity index (χ2v) is 4.45. The summed E-state index contributed by atoms with van der Waals surface area (Å²) in [5.74, 6) is -0.287. The number of rotatable bonds is 3. The molecule has 0 aliphatic heterocycles. The van der Waals surface area contributed by atoms with Crippen LogP contribution in [0.25, 0.3) is 0 Å². The van der Waals surface area contributed by atoms with E-state index in [-0.39, 0.29) is 5.91 Å². The Balaban J connectivity index is 2.21. The van der Waals surface area contributed by atoms with Gasteiger partial charge in [0.2, 0.25) is 0 Å². The van der Waals surface area contributed by atoms with Crippen LogP contribution < -0.4 is 5.32 Å². The molecule has 2 aromatic rings. The average Bonchev–Trinajstić information content (AvgIpc) is 2.82. The van der Waals surface area contributed by atoms with Crippen LogP contribution in [0.1, 0.15) is 17.3 Å². The number of hydrogen-bond donors (Lipinski definition) is 1. The van der Waals surface area contributed by atoms with Gasteiger partial charge in [-0.25, -0.2) is 0 Å². The number of nitrogens with zero attached hydrogens (tertiary/aromatic N) is 2. The molecule has 0 fully saturated rings. The number of para-hydroxylation sites is 1. The van der Waals surface area contributed by atoms with Crippen molar-refractivity contribution in [2.24, 2.45) is 0 Å². The van der Waals surface area contributed by atoms with Gasteiger partial charge in [-0.05, 0) is 19.1 Å². The molecule has 0 aliphatic rings. The first-order chi connectivity index (χ1) is 8.61. The molecule has 2 rings (SSSR count). The number of hydrogen-bond acceptors (Lipinski definition) is 2. The molecular formula is C12H11Cl2N3O. The molecule has 1 aromatic carbocycles. The van der Waals surface area contributed by atoms with Gasteiger partial charge in [0, 0.05) is 12.7 Å². The number of carbonyl (C=O) groups excluding carboxylic acids is 1. The van der Waals surface area contributed by atoms with Gasteiger partial charge in [0.1, 0.15) is 0 Å². The molecule has 0 radical (unpaired) electrons. The van der Waals surface area contributed by atoms with E-state index in [1.807, 2.05) is 6.92 Å². The molecule has 0 spiro atoms. The highest BCUT2D eigenvalue weighted by Crippen LogP contribution is 2.30. The van der Waals surface area contributed by atoms with E-state index >= 15 is 0 Å². The van der Waals surface area contributed by atoms with Gasteiger partial charge in [-0.15, -0.1) is 0 Å². The quantitative estimate of drug-likeness (QED) is 0.938. The number of carbonyl (C=O) groups is 1. The second kappa shape index (κ2) is 5.42. The molecule has 0 bridgehead atoms. The molecule has 4 nitrogen and oxygen atoms in total. The van der Waals surface area contributed by atoms with Gasteiger partial charge < -0.3 is 5.32 Å². The minimum Gasteiger partial charge on any atom is -0.319 e. The van der Waals surface area contributed by atoms with E-state index in [9.17, 15) is 4.79 Å². The van der Waals surface area contributed by atoms with Crippen LogP contribution >= 0.6 is 23.2 Å². The fraction of sp³-hybridized carbons (Fsp3) is 0.167. The molecule has 0 atom stereocenters. The molecule has 94 valence electrons. The molecule has 18 heavy (non-hydrogen) atoms. The van der Waals surface area contributed by atoms with Gasteiger partial charge in [-0.1, -0.05) is 29.3 Å². The minimum atomic E-state index is -0.287. The van der Waals surface area contributed by atoms with E-state index in [4.69, 9.17) is 23.2 Å². The Morgan fingerprint density at radius 1 is 1.39 bits per heavy atom. The maximum atomic E-state index is 12.0. The number of amides is 1. The van der Waals surface area contributed by atoms with Crippen molar-refractivity contribution in [3.05, 3.63) is 46.2 Å². The number of benzene rings is 1. The summed E-state index contributed by atoms with van der Waals surface area (Å²) in [5.41, 5.74) is 0.878. The van der Waals surface area contributed by atoms with Gasteiger partial charge in [-0.3, -0.25) is 9.48 Å². The van der Waals surface area contributed by atoms with E-state index < -0.39 is 0 Å². The van der Waals surface area contributed by atoms with Gasteiger partial charge in [-0.2, -0.15) is 5.10 Å². The Morgan fingerprint density at radius 2 is 2.06 bits per heavy atom. The largest absolute Gasteiger partial charge is 0.319 e. The van der Waals surface area contributed by atoms with Crippen LogP contribution in [-0.2, 0) is 6.54 Å². The molecule has 0 unspecified atom stereocenters. The van der Waals surface area contributed by atoms with E-state index in [1.54, 1.807) is 29.1 Å². The molecule has 0 aliphatic carbocycles. The van der Waals surface area contributed by atoms with Crippen LogP contribution in [0.15, 0.2) is 30.6 Å². The van der Waals surface area contributed by atoms with Crippen molar-refractivity contribution in [1.29, 1.82) is 0 Å². The lowest BCUT2D eigenvalue weighted by molar-refractivity contribution is 0.102. The molecule has 1 N–H and O–H groups in total. The summed E-state index contributed by atoms with van der Waals surface area (Å²) in [6.45, 7) is 2.65. The lowest BCUT2D eigenvalue weighted by Gasteiger charge is -2.07. The average molecular weight is 284 g/mol. The predicted octanol–water partition coefficient (Wildman–Crippen LogP) is 3.46. The van der Waals surface area contributed by atoms with Crippen molar-refractivity contribution in [2.45, 2.75) is 13.5 Å². The minimum absolute atomic E-state index is 0.287. The summed E-state index contributed by atoms with van der Waals surface area (Å²) >= 11 is 11.9. The van der Waals surface area contributed by atoms with Crippen molar-refractivity contribution in [3.63, 3.8) is 0 Å². The normalized spacial score (nSPS) is 10.4. The fourth-order valence-corrected chi connectivity index (χ4v) is 1.95. The van der Waals surface area contributed by atoms with Crippen LogP contribution in [-0.4, -0.2) is 15.7 Å². The summed E-state index contributed by atoms with van der Waals surface area (Å²) in [6.07, 6.45) is 3.17.